The van der Waals surface area contributed by atoms with Crippen LogP contribution in [0.25, 0.3) is 0 Å². The van der Waals surface area contributed by atoms with Crippen LogP contribution in [0.15, 0.2) is 90.4 Å². The summed E-state index contributed by atoms with van der Waals surface area (Å²) >= 11 is 6.30. The van der Waals surface area contributed by atoms with E-state index in [2.05, 4.69) is 20.7 Å². The minimum absolute atomic E-state index is 0.237. The van der Waals surface area contributed by atoms with Crippen LogP contribution in [0.5, 0.6) is 11.5 Å². The standard InChI is InChI=1S/C28H26ClN5O3/c1-3-36-24-15-19(13-14-23(24)37-16-20-9-7-8-12-22(20)29)26-25(18(2)32-28-30-17-31-34(26)28)27(35)33-21-10-5-4-6-11-21/h4-15,17,26H,3,16H2,1-2H3,(H,33,35)(H,30,31,32)/t26-/m0/s1. The summed E-state index contributed by atoms with van der Waals surface area (Å²) in [5.74, 6) is 1.46. The van der Waals surface area contributed by atoms with Gasteiger partial charge in [0.15, 0.2) is 11.5 Å². The van der Waals surface area contributed by atoms with E-state index in [1.807, 2.05) is 86.6 Å². The molecule has 9 heteroatoms. The van der Waals surface area contributed by atoms with Crippen molar-refractivity contribution in [2.24, 2.45) is 0 Å². The maximum atomic E-state index is 13.5. The zero-order valence-corrected chi connectivity index (χ0v) is 21.2. The average molecular weight is 516 g/mol. The molecule has 188 valence electrons. The SMILES string of the molecule is CCOc1cc([C@H]2C(C(=O)Nc3ccccc3)=C(C)Nc3ncnn32)ccc1OCc1ccccc1Cl. The lowest BCUT2D eigenvalue weighted by Crippen LogP contribution is -2.31. The third-order valence-electron chi connectivity index (χ3n) is 6.00. The Hall–Kier alpha value is -4.30. The third kappa shape index (κ3) is 5.15. The molecule has 0 saturated carbocycles. The molecule has 0 spiro atoms. The predicted octanol–water partition coefficient (Wildman–Crippen LogP) is 5.84. The number of ether oxygens (including phenoxy) is 2. The number of carbonyl (C=O) groups is 1. The molecule has 8 nitrogen and oxygen atoms in total. The normalized spacial score (nSPS) is 14.5. The first-order valence-corrected chi connectivity index (χ1v) is 12.3. The Morgan fingerprint density at radius 2 is 1.84 bits per heavy atom. The summed E-state index contributed by atoms with van der Waals surface area (Å²) in [5, 5.41) is 11.2. The number of fused-ring (bicyclic) bond motifs is 1. The first kappa shape index (κ1) is 24.4. The van der Waals surface area contributed by atoms with Crippen LogP contribution in [0.2, 0.25) is 5.02 Å². The molecule has 5 rings (SSSR count). The Bertz CT molecular complexity index is 1450. The molecule has 37 heavy (non-hydrogen) atoms. The molecule has 2 N–H and O–H groups in total. The fourth-order valence-corrected chi connectivity index (χ4v) is 4.46. The zero-order valence-electron chi connectivity index (χ0n) is 20.4. The number of halogens is 1. The first-order valence-electron chi connectivity index (χ1n) is 11.9. The van der Waals surface area contributed by atoms with Crippen molar-refractivity contribution in [2.45, 2.75) is 26.5 Å². The summed E-state index contributed by atoms with van der Waals surface area (Å²) in [6.45, 7) is 4.51. The van der Waals surface area contributed by atoms with Crippen molar-refractivity contribution in [1.82, 2.24) is 14.8 Å². The third-order valence-corrected chi connectivity index (χ3v) is 6.36. The van der Waals surface area contributed by atoms with E-state index in [4.69, 9.17) is 21.1 Å². The molecule has 1 aromatic heterocycles. The van der Waals surface area contributed by atoms with Gasteiger partial charge in [0.2, 0.25) is 5.95 Å². The zero-order chi connectivity index (χ0) is 25.8. The Morgan fingerprint density at radius 3 is 2.62 bits per heavy atom. The lowest BCUT2D eigenvalue weighted by atomic mass is 9.94. The quantitative estimate of drug-likeness (QED) is 0.306. The molecule has 4 aromatic rings. The molecule has 1 aliphatic rings. The van der Waals surface area contributed by atoms with Gasteiger partial charge in [-0.15, -0.1) is 0 Å². The molecule has 0 bridgehead atoms. The monoisotopic (exact) mass is 515 g/mol. The van der Waals surface area contributed by atoms with Gasteiger partial charge in [0.05, 0.1) is 12.2 Å². The predicted molar refractivity (Wildman–Crippen MR) is 143 cm³/mol. The second kappa shape index (κ2) is 10.8. The number of para-hydroxylation sites is 1. The Balaban J connectivity index is 1.50. The summed E-state index contributed by atoms with van der Waals surface area (Å²) < 4.78 is 13.7. The number of benzene rings is 3. The number of allylic oxidation sites excluding steroid dienone is 1. The Labute approximate surface area is 219 Å². The van der Waals surface area contributed by atoms with Crippen LogP contribution in [0, 0.1) is 0 Å². The molecule has 3 aromatic carbocycles. The molecule has 1 amide bonds. The lowest BCUT2D eigenvalue weighted by Gasteiger charge is -2.29. The highest BCUT2D eigenvalue weighted by Gasteiger charge is 2.34. The number of hydrogen-bond acceptors (Lipinski definition) is 6. The van der Waals surface area contributed by atoms with Crippen LogP contribution >= 0.6 is 11.6 Å². The number of aromatic nitrogens is 3. The highest BCUT2D eigenvalue weighted by atomic mass is 35.5. The van der Waals surface area contributed by atoms with Crippen LogP contribution in [0.3, 0.4) is 0 Å². The summed E-state index contributed by atoms with van der Waals surface area (Å²) in [6, 6.07) is 22.0. The van der Waals surface area contributed by atoms with Crippen molar-refractivity contribution in [2.75, 3.05) is 17.2 Å². The van der Waals surface area contributed by atoms with E-state index in [0.717, 1.165) is 11.1 Å². The Kier molecular flexibility index (Phi) is 7.09. The van der Waals surface area contributed by atoms with Crippen molar-refractivity contribution >= 4 is 29.1 Å². The second-order valence-corrected chi connectivity index (χ2v) is 8.84. The molecule has 1 atom stereocenters. The van der Waals surface area contributed by atoms with Crippen LogP contribution in [0.4, 0.5) is 11.6 Å². The van der Waals surface area contributed by atoms with Crippen molar-refractivity contribution in [1.29, 1.82) is 0 Å². The maximum Gasteiger partial charge on any atom is 0.255 e. The fourth-order valence-electron chi connectivity index (χ4n) is 4.27. The van der Waals surface area contributed by atoms with E-state index < -0.39 is 6.04 Å². The first-order chi connectivity index (χ1) is 18.0. The van der Waals surface area contributed by atoms with E-state index in [1.165, 1.54) is 6.33 Å². The number of carbonyl (C=O) groups excluding carboxylic acids is 1. The summed E-state index contributed by atoms with van der Waals surface area (Å²) in [4.78, 5) is 17.8. The van der Waals surface area contributed by atoms with Gasteiger partial charge < -0.3 is 20.1 Å². The van der Waals surface area contributed by atoms with Crippen LogP contribution in [-0.2, 0) is 11.4 Å². The highest BCUT2D eigenvalue weighted by molar-refractivity contribution is 6.31. The maximum absolute atomic E-state index is 13.5. The molecule has 1 aliphatic heterocycles. The largest absolute Gasteiger partial charge is 0.490 e. The number of hydrogen-bond donors (Lipinski definition) is 2. The van der Waals surface area contributed by atoms with Crippen LogP contribution < -0.4 is 20.1 Å². The minimum Gasteiger partial charge on any atom is -0.490 e. The lowest BCUT2D eigenvalue weighted by molar-refractivity contribution is -0.113. The van der Waals surface area contributed by atoms with Gasteiger partial charge in [-0.25, -0.2) is 4.68 Å². The number of anilines is 2. The van der Waals surface area contributed by atoms with E-state index in [1.54, 1.807) is 4.68 Å². The van der Waals surface area contributed by atoms with Crippen molar-refractivity contribution < 1.29 is 14.3 Å². The molecule has 0 radical (unpaired) electrons. The average Bonchev–Trinajstić information content (AvgIpc) is 3.36. The minimum atomic E-state index is -0.528. The molecule has 0 saturated heterocycles. The van der Waals surface area contributed by atoms with Gasteiger partial charge in [-0.1, -0.05) is 54.1 Å². The summed E-state index contributed by atoms with van der Waals surface area (Å²) in [6.07, 6.45) is 1.46. The molecule has 0 fully saturated rings. The summed E-state index contributed by atoms with van der Waals surface area (Å²) in [5.41, 5.74) is 3.60. The second-order valence-electron chi connectivity index (χ2n) is 8.43. The van der Waals surface area contributed by atoms with Gasteiger partial charge in [0.1, 0.15) is 19.0 Å². The van der Waals surface area contributed by atoms with E-state index >= 15 is 0 Å². The van der Waals surface area contributed by atoms with E-state index in [-0.39, 0.29) is 5.91 Å². The number of nitrogens with zero attached hydrogens (tertiary/aromatic N) is 3. The number of nitrogens with one attached hydrogen (secondary N) is 2. The summed E-state index contributed by atoms with van der Waals surface area (Å²) in [7, 11) is 0. The van der Waals surface area contributed by atoms with Gasteiger partial charge in [0, 0.05) is 22.0 Å². The molecule has 0 aliphatic carbocycles. The van der Waals surface area contributed by atoms with Gasteiger partial charge >= 0.3 is 0 Å². The molecule has 2 heterocycles. The van der Waals surface area contributed by atoms with Crippen molar-refractivity contribution in [3.8, 4) is 11.5 Å². The van der Waals surface area contributed by atoms with Gasteiger partial charge in [-0.3, -0.25) is 4.79 Å². The number of amides is 1. The van der Waals surface area contributed by atoms with Crippen molar-refractivity contribution in [3.63, 3.8) is 0 Å². The van der Waals surface area contributed by atoms with Gasteiger partial charge in [-0.2, -0.15) is 10.1 Å². The van der Waals surface area contributed by atoms with E-state index in [0.29, 0.717) is 52.6 Å². The topological polar surface area (TPSA) is 90.3 Å². The molecular weight excluding hydrogens is 490 g/mol. The van der Waals surface area contributed by atoms with Gasteiger partial charge in [-0.05, 0) is 49.7 Å². The highest BCUT2D eigenvalue weighted by Crippen LogP contribution is 2.39. The van der Waals surface area contributed by atoms with Crippen LogP contribution in [0.1, 0.15) is 31.0 Å². The van der Waals surface area contributed by atoms with E-state index in [9.17, 15) is 4.79 Å². The number of rotatable bonds is 8. The van der Waals surface area contributed by atoms with Gasteiger partial charge in [0.25, 0.3) is 5.91 Å². The fraction of sp³-hybridized carbons (Fsp3) is 0.179. The van der Waals surface area contributed by atoms with Crippen LogP contribution in [-0.4, -0.2) is 27.3 Å². The molecule has 0 unspecified atom stereocenters. The smallest absolute Gasteiger partial charge is 0.255 e. The molecular formula is C28H26ClN5O3. The van der Waals surface area contributed by atoms with Crippen molar-refractivity contribution in [3.05, 3.63) is 107 Å². The Morgan fingerprint density at radius 1 is 1.05 bits per heavy atom.